The number of pyridine rings is 2. The molecule has 1 aliphatic rings. The molecule has 0 fully saturated rings. The van der Waals surface area contributed by atoms with Crippen LogP contribution in [0.2, 0.25) is 0 Å². The SMILES string of the molecule is COCCNCc1cccc(C2Cc3nccc(Oc4ccc(NC(N)=O)cc4F)c3S2)n1. The number of thioether (sulfide) groups is 1. The monoisotopic (exact) mass is 469 g/mol. The van der Waals surface area contributed by atoms with Gasteiger partial charge in [-0.3, -0.25) is 9.97 Å². The molecule has 0 radical (unpaired) electrons. The molecule has 1 atom stereocenters. The smallest absolute Gasteiger partial charge is 0.316 e. The first kappa shape index (κ1) is 23.0. The number of benzene rings is 1. The summed E-state index contributed by atoms with van der Waals surface area (Å²) in [6, 6.07) is 11.1. The van der Waals surface area contributed by atoms with Gasteiger partial charge in [-0.05, 0) is 24.3 Å². The summed E-state index contributed by atoms with van der Waals surface area (Å²) in [5, 5.41) is 5.72. The quantitative estimate of drug-likeness (QED) is 0.406. The lowest BCUT2D eigenvalue weighted by Gasteiger charge is -2.12. The van der Waals surface area contributed by atoms with Crippen LogP contribution >= 0.6 is 11.8 Å². The molecule has 0 aliphatic carbocycles. The number of primary amides is 1. The molecule has 1 aliphatic heterocycles. The van der Waals surface area contributed by atoms with Crippen molar-refractivity contribution in [3.63, 3.8) is 0 Å². The van der Waals surface area contributed by atoms with Crippen LogP contribution < -0.4 is 21.1 Å². The summed E-state index contributed by atoms with van der Waals surface area (Å²) in [6.07, 6.45) is 2.36. The van der Waals surface area contributed by atoms with Crippen LogP contribution in [0, 0.1) is 5.82 Å². The van der Waals surface area contributed by atoms with E-state index in [4.69, 9.17) is 20.2 Å². The number of amides is 2. The molecule has 33 heavy (non-hydrogen) atoms. The average molecular weight is 470 g/mol. The zero-order chi connectivity index (χ0) is 23.2. The Balaban J connectivity index is 1.47. The van der Waals surface area contributed by atoms with Gasteiger partial charge in [0.15, 0.2) is 11.6 Å². The van der Waals surface area contributed by atoms with E-state index in [0.29, 0.717) is 25.3 Å². The van der Waals surface area contributed by atoms with Gasteiger partial charge in [0.2, 0.25) is 0 Å². The second kappa shape index (κ2) is 10.6. The Hall–Kier alpha value is -3.21. The molecule has 2 aromatic heterocycles. The Morgan fingerprint density at radius 1 is 1.27 bits per heavy atom. The second-order valence-corrected chi connectivity index (χ2v) is 8.57. The Morgan fingerprint density at radius 3 is 2.94 bits per heavy atom. The molecule has 4 rings (SSSR count). The van der Waals surface area contributed by atoms with E-state index in [1.807, 2.05) is 18.2 Å². The summed E-state index contributed by atoms with van der Waals surface area (Å²) >= 11 is 1.61. The number of halogens is 1. The van der Waals surface area contributed by atoms with Crippen molar-refractivity contribution in [3.8, 4) is 11.5 Å². The van der Waals surface area contributed by atoms with Gasteiger partial charge in [-0.25, -0.2) is 9.18 Å². The van der Waals surface area contributed by atoms with Gasteiger partial charge in [0.1, 0.15) is 5.75 Å². The van der Waals surface area contributed by atoms with E-state index in [9.17, 15) is 9.18 Å². The fourth-order valence-corrected chi connectivity index (χ4v) is 4.71. The fourth-order valence-electron chi connectivity index (χ4n) is 3.44. The maximum absolute atomic E-state index is 14.5. The van der Waals surface area contributed by atoms with Crippen molar-refractivity contribution in [2.75, 3.05) is 25.6 Å². The van der Waals surface area contributed by atoms with Gasteiger partial charge >= 0.3 is 6.03 Å². The molecule has 8 nitrogen and oxygen atoms in total. The highest BCUT2D eigenvalue weighted by Crippen LogP contribution is 2.50. The number of hydrogen-bond acceptors (Lipinski definition) is 7. The van der Waals surface area contributed by atoms with E-state index in [2.05, 4.69) is 15.6 Å². The van der Waals surface area contributed by atoms with Crippen LogP contribution in [0.3, 0.4) is 0 Å². The van der Waals surface area contributed by atoms with Gasteiger partial charge in [0.25, 0.3) is 0 Å². The zero-order valence-electron chi connectivity index (χ0n) is 18.0. The molecule has 0 saturated heterocycles. The fraction of sp³-hybridized carbons (Fsp3) is 0.261. The number of nitrogens with two attached hydrogens (primary N) is 1. The van der Waals surface area contributed by atoms with Crippen molar-refractivity contribution in [1.82, 2.24) is 15.3 Å². The van der Waals surface area contributed by atoms with Crippen molar-refractivity contribution in [1.29, 1.82) is 0 Å². The first-order valence-corrected chi connectivity index (χ1v) is 11.3. The van der Waals surface area contributed by atoms with Gasteiger partial charge in [-0.2, -0.15) is 0 Å². The van der Waals surface area contributed by atoms with Gasteiger partial charge in [0.05, 0.1) is 33.8 Å². The van der Waals surface area contributed by atoms with Gasteiger partial charge in [-0.15, -0.1) is 11.8 Å². The highest BCUT2D eigenvalue weighted by atomic mass is 32.2. The lowest BCUT2D eigenvalue weighted by Crippen LogP contribution is -2.19. The molecule has 0 spiro atoms. The van der Waals surface area contributed by atoms with E-state index in [1.54, 1.807) is 31.1 Å². The maximum atomic E-state index is 14.5. The second-order valence-electron chi connectivity index (χ2n) is 7.36. The predicted molar refractivity (Wildman–Crippen MR) is 124 cm³/mol. The molecule has 10 heteroatoms. The zero-order valence-corrected chi connectivity index (χ0v) is 18.8. The highest BCUT2D eigenvalue weighted by Gasteiger charge is 2.29. The maximum Gasteiger partial charge on any atom is 0.316 e. The number of nitrogens with one attached hydrogen (secondary N) is 2. The number of fused-ring (bicyclic) bond motifs is 1. The van der Waals surface area contributed by atoms with Gasteiger partial charge in [-0.1, -0.05) is 6.07 Å². The number of carbonyl (C=O) groups is 1. The first-order valence-electron chi connectivity index (χ1n) is 10.4. The van der Waals surface area contributed by atoms with Crippen LogP contribution in [0.4, 0.5) is 14.9 Å². The number of rotatable bonds is 9. The lowest BCUT2D eigenvalue weighted by molar-refractivity contribution is 0.199. The molecular weight excluding hydrogens is 445 g/mol. The predicted octanol–water partition coefficient (Wildman–Crippen LogP) is 4.02. The minimum atomic E-state index is -0.763. The van der Waals surface area contributed by atoms with E-state index in [0.717, 1.165) is 34.6 Å². The number of carbonyl (C=O) groups excluding carboxylic acids is 1. The summed E-state index contributed by atoms with van der Waals surface area (Å²) in [5.41, 5.74) is 8.14. The van der Waals surface area contributed by atoms with Crippen molar-refractivity contribution < 1.29 is 18.7 Å². The Labute approximate surface area is 195 Å². The van der Waals surface area contributed by atoms with Crippen LogP contribution in [0.5, 0.6) is 11.5 Å². The molecule has 4 N–H and O–H groups in total. The molecule has 0 saturated carbocycles. The normalized spacial score (nSPS) is 14.7. The van der Waals surface area contributed by atoms with E-state index < -0.39 is 11.8 Å². The number of aromatic nitrogens is 2. The molecule has 0 bridgehead atoms. The van der Waals surface area contributed by atoms with Gasteiger partial charge < -0.3 is 25.8 Å². The summed E-state index contributed by atoms with van der Waals surface area (Å²) in [6.45, 7) is 2.06. The topological polar surface area (TPSA) is 111 Å². The molecule has 172 valence electrons. The minimum Gasteiger partial charge on any atom is -0.453 e. The Morgan fingerprint density at radius 2 is 2.15 bits per heavy atom. The number of anilines is 1. The standard InChI is InChI=1S/C23H24FN5O3S/c1-31-10-9-26-13-15-3-2-4-17(28-15)21-12-18-22(33-21)20(7-8-27-18)32-19-6-5-14(11-16(19)24)29-23(25)30/h2-8,11,21,26H,9-10,12-13H2,1H3,(H3,25,29,30). The average Bonchev–Trinajstić information content (AvgIpc) is 3.24. The third kappa shape index (κ3) is 5.78. The molecule has 1 unspecified atom stereocenters. The summed E-state index contributed by atoms with van der Waals surface area (Å²) in [5.74, 6) is -0.0363. The number of hydrogen-bond donors (Lipinski definition) is 3. The van der Waals surface area contributed by atoms with Crippen molar-refractivity contribution >= 4 is 23.5 Å². The van der Waals surface area contributed by atoms with Crippen molar-refractivity contribution in [3.05, 3.63) is 71.6 Å². The third-order valence-corrected chi connectivity index (χ3v) is 6.31. The summed E-state index contributed by atoms with van der Waals surface area (Å²) in [4.78, 5) is 21.1. The van der Waals surface area contributed by atoms with Crippen LogP contribution in [-0.4, -0.2) is 36.3 Å². The van der Waals surface area contributed by atoms with Crippen molar-refractivity contribution in [2.24, 2.45) is 5.73 Å². The molecular formula is C23H24FN5O3S. The molecule has 3 aromatic rings. The van der Waals surface area contributed by atoms with Crippen molar-refractivity contribution in [2.45, 2.75) is 23.1 Å². The van der Waals surface area contributed by atoms with Crippen LogP contribution in [0.15, 0.2) is 53.6 Å². The van der Waals surface area contributed by atoms with E-state index in [-0.39, 0.29) is 16.7 Å². The molecule has 1 aromatic carbocycles. The van der Waals surface area contributed by atoms with Gasteiger partial charge in [0, 0.05) is 50.6 Å². The molecule has 2 amide bonds. The number of methoxy groups -OCH3 is 1. The van der Waals surface area contributed by atoms with Crippen LogP contribution in [0.1, 0.15) is 22.3 Å². The molecule has 3 heterocycles. The minimum absolute atomic E-state index is 0.0460. The van der Waals surface area contributed by atoms with E-state index >= 15 is 0 Å². The Kier molecular flexibility index (Phi) is 7.38. The summed E-state index contributed by atoms with van der Waals surface area (Å²) in [7, 11) is 1.67. The number of urea groups is 1. The van der Waals surface area contributed by atoms with Crippen LogP contribution in [-0.2, 0) is 17.7 Å². The number of nitrogens with zero attached hydrogens (tertiary/aromatic N) is 2. The highest BCUT2D eigenvalue weighted by molar-refractivity contribution is 8.00. The lowest BCUT2D eigenvalue weighted by atomic mass is 10.1. The van der Waals surface area contributed by atoms with E-state index in [1.165, 1.54) is 12.1 Å². The van der Waals surface area contributed by atoms with Crippen LogP contribution in [0.25, 0.3) is 0 Å². The Bertz CT molecular complexity index is 1150. The number of ether oxygens (including phenoxy) is 2. The largest absolute Gasteiger partial charge is 0.453 e. The third-order valence-electron chi connectivity index (χ3n) is 4.95. The first-order chi connectivity index (χ1) is 16.0. The summed E-state index contributed by atoms with van der Waals surface area (Å²) < 4.78 is 25.4.